The van der Waals surface area contributed by atoms with E-state index in [1.54, 1.807) is 24.3 Å². The Morgan fingerprint density at radius 2 is 1.80 bits per heavy atom. The minimum absolute atomic E-state index is 0.370. The Morgan fingerprint density at radius 1 is 1.27 bits per heavy atom. The van der Waals surface area contributed by atoms with Crippen molar-refractivity contribution in [2.24, 2.45) is 0 Å². The van der Waals surface area contributed by atoms with Crippen molar-refractivity contribution in [2.75, 3.05) is 7.11 Å². The molecule has 0 amide bonds. The molecule has 1 rings (SSSR count). The van der Waals surface area contributed by atoms with Gasteiger partial charge in [0.2, 0.25) is 0 Å². The molecule has 0 aliphatic rings. The zero-order chi connectivity index (χ0) is 11.5. The maximum Gasteiger partial charge on any atom is 0.337 e. The van der Waals surface area contributed by atoms with Crippen molar-refractivity contribution >= 4 is 12.3 Å². The number of rotatable bonds is 3. The third-order valence-electron chi connectivity index (χ3n) is 2.34. The first-order chi connectivity index (χ1) is 7.01. The fraction of sp³-hybridized carbons (Fsp3) is 0.333. The lowest BCUT2D eigenvalue weighted by Crippen LogP contribution is -2.18. The molecule has 0 aliphatic heterocycles. The van der Waals surface area contributed by atoms with Crippen LogP contribution in [-0.2, 0) is 14.9 Å². The summed E-state index contributed by atoms with van der Waals surface area (Å²) in [5.74, 6) is -0.370. The summed E-state index contributed by atoms with van der Waals surface area (Å²) >= 11 is 0. The van der Waals surface area contributed by atoms with E-state index in [4.69, 9.17) is 0 Å². The number of hydrogen-bond donors (Lipinski definition) is 0. The Labute approximate surface area is 89.1 Å². The van der Waals surface area contributed by atoms with E-state index in [1.807, 2.05) is 13.8 Å². The van der Waals surface area contributed by atoms with Gasteiger partial charge >= 0.3 is 5.97 Å². The zero-order valence-electron chi connectivity index (χ0n) is 9.11. The van der Waals surface area contributed by atoms with Gasteiger partial charge in [-0.1, -0.05) is 12.1 Å². The lowest BCUT2D eigenvalue weighted by atomic mass is 9.86. The molecule has 0 radical (unpaired) electrons. The summed E-state index contributed by atoms with van der Waals surface area (Å²) in [6.45, 7) is 3.65. The van der Waals surface area contributed by atoms with E-state index in [0.717, 1.165) is 11.8 Å². The summed E-state index contributed by atoms with van der Waals surface area (Å²) in [6.07, 6.45) is 0.889. The van der Waals surface area contributed by atoms with E-state index in [2.05, 4.69) is 4.74 Å². The number of hydrogen-bond acceptors (Lipinski definition) is 3. The maximum absolute atomic E-state index is 11.2. The molecular weight excluding hydrogens is 192 g/mol. The summed E-state index contributed by atoms with van der Waals surface area (Å²) in [7, 11) is 1.34. The van der Waals surface area contributed by atoms with Crippen LogP contribution in [-0.4, -0.2) is 19.4 Å². The minimum Gasteiger partial charge on any atom is -0.465 e. The minimum atomic E-state index is -0.519. The van der Waals surface area contributed by atoms with E-state index in [9.17, 15) is 9.59 Å². The second kappa shape index (κ2) is 4.26. The molecule has 1 aromatic carbocycles. The molecule has 0 saturated carbocycles. The van der Waals surface area contributed by atoms with Gasteiger partial charge in [0.15, 0.2) is 0 Å². The lowest BCUT2D eigenvalue weighted by Gasteiger charge is -2.17. The standard InChI is InChI=1S/C12H14O3/c1-12(2,8-13)10-6-4-9(5-7-10)11(14)15-3/h4-8H,1-3H3. The van der Waals surface area contributed by atoms with Gasteiger partial charge in [-0.25, -0.2) is 4.79 Å². The van der Waals surface area contributed by atoms with Crippen molar-refractivity contribution in [1.29, 1.82) is 0 Å². The summed E-state index contributed by atoms with van der Waals surface area (Å²) in [6, 6.07) is 6.85. The number of ether oxygens (including phenoxy) is 1. The highest BCUT2D eigenvalue weighted by Crippen LogP contribution is 2.20. The molecule has 3 heteroatoms. The first-order valence-electron chi connectivity index (χ1n) is 4.66. The third kappa shape index (κ3) is 2.43. The molecule has 0 fully saturated rings. The number of esters is 1. The van der Waals surface area contributed by atoms with E-state index >= 15 is 0 Å². The first-order valence-corrected chi connectivity index (χ1v) is 4.66. The average molecular weight is 206 g/mol. The van der Waals surface area contributed by atoms with Crippen molar-refractivity contribution in [2.45, 2.75) is 19.3 Å². The molecule has 0 bridgehead atoms. The van der Waals surface area contributed by atoms with Gasteiger partial charge in [0, 0.05) is 5.41 Å². The first kappa shape index (κ1) is 11.4. The van der Waals surface area contributed by atoms with Crippen LogP contribution >= 0.6 is 0 Å². The molecule has 3 nitrogen and oxygen atoms in total. The Morgan fingerprint density at radius 3 is 2.20 bits per heavy atom. The van der Waals surface area contributed by atoms with Crippen LogP contribution in [0.4, 0.5) is 0 Å². The van der Waals surface area contributed by atoms with Gasteiger partial charge in [-0.05, 0) is 31.5 Å². The van der Waals surface area contributed by atoms with Crippen LogP contribution in [0.3, 0.4) is 0 Å². The number of methoxy groups -OCH3 is 1. The molecule has 0 aliphatic carbocycles. The van der Waals surface area contributed by atoms with Gasteiger partial charge < -0.3 is 9.53 Å². The molecule has 0 N–H and O–H groups in total. The topological polar surface area (TPSA) is 43.4 Å². The van der Waals surface area contributed by atoms with E-state index < -0.39 is 5.41 Å². The molecule has 0 heterocycles. The van der Waals surface area contributed by atoms with Gasteiger partial charge in [0.1, 0.15) is 6.29 Å². The Bertz CT molecular complexity index is 363. The summed E-state index contributed by atoms with van der Waals surface area (Å²) in [5.41, 5.74) is 0.849. The highest BCUT2D eigenvalue weighted by atomic mass is 16.5. The van der Waals surface area contributed by atoms with Gasteiger partial charge in [-0.3, -0.25) is 0 Å². The van der Waals surface area contributed by atoms with Crippen LogP contribution < -0.4 is 0 Å². The molecule has 0 aromatic heterocycles. The van der Waals surface area contributed by atoms with Crippen LogP contribution in [0, 0.1) is 0 Å². The Hall–Kier alpha value is -1.64. The van der Waals surface area contributed by atoms with Crippen LogP contribution in [0.2, 0.25) is 0 Å². The zero-order valence-corrected chi connectivity index (χ0v) is 9.11. The summed E-state index contributed by atoms with van der Waals surface area (Å²) in [5, 5.41) is 0. The molecule has 0 unspecified atom stereocenters. The van der Waals surface area contributed by atoms with E-state index in [-0.39, 0.29) is 5.97 Å². The lowest BCUT2D eigenvalue weighted by molar-refractivity contribution is -0.111. The smallest absolute Gasteiger partial charge is 0.337 e. The quantitative estimate of drug-likeness (QED) is 0.560. The second-order valence-electron chi connectivity index (χ2n) is 3.91. The van der Waals surface area contributed by atoms with Gasteiger partial charge in [0.05, 0.1) is 12.7 Å². The Kier molecular flexibility index (Phi) is 3.24. The number of carbonyl (C=O) groups is 2. The molecule has 0 saturated heterocycles. The molecule has 0 atom stereocenters. The fourth-order valence-electron chi connectivity index (χ4n) is 1.22. The van der Waals surface area contributed by atoms with Crippen LogP contribution in [0.15, 0.2) is 24.3 Å². The van der Waals surface area contributed by atoms with Crippen LogP contribution in [0.25, 0.3) is 0 Å². The number of aldehydes is 1. The molecule has 15 heavy (non-hydrogen) atoms. The fourth-order valence-corrected chi connectivity index (χ4v) is 1.22. The van der Waals surface area contributed by atoms with Crippen molar-refractivity contribution in [3.05, 3.63) is 35.4 Å². The number of benzene rings is 1. The number of carbonyl (C=O) groups excluding carboxylic acids is 2. The van der Waals surface area contributed by atoms with Crippen molar-refractivity contribution in [3.63, 3.8) is 0 Å². The van der Waals surface area contributed by atoms with Crippen molar-refractivity contribution < 1.29 is 14.3 Å². The third-order valence-corrected chi connectivity index (χ3v) is 2.34. The SMILES string of the molecule is COC(=O)c1ccc(C(C)(C)C=O)cc1. The largest absolute Gasteiger partial charge is 0.465 e. The second-order valence-corrected chi connectivity index (χ2v) is 3.91. The predicted octanol–water partition coefficient (Wildman–Crippen LogP) is 1.95. The van der Waals surface area contributed by atoms with Gasteiger partial charge in [-0.2, -0.15) is 0 Å². The molecule has 0 spiro atoms. The molecule has 80 valence electrons. The summed E-state index contributed by atoms with van der Waals surface area (Å²) in [4.78, 5) is 22.0. The normalized spacial score (nSPS) is 10.9. The molecular formula is C12H14O3. The highest BCUT2D eigenvalue weighted by Gasteiger charge is 2.19. The molecule has 1 aromatic rings. The highest BCUT2D eigenvalue weighted by molar-refractivity contribution is 5.89. The van der Waals surface area contributed by atoms with Crippen LogP contribution in [0.1, 0.15) is 29.8 Å². The van der Waals surface area contributed by atoms with Crippen LogP contribution in [0.5, 0.6) is 0 Å². The van der Waals surface area contributed by atoms with Crippen molar-refractivity contribution in [3.8, 4) is 0 Å². The van der Waals surface area contributed by atoms with E-state index in [1.165, 1.54) is 7.11 Å². The maximum atomic E-state index is 11.2. The predicted molar refractivity (Wildman–Crippen MR) is 56.9 cm³/mol. The average Bonchev–Trinajstić information content (AvgIpc) is 2.28. The Balaban J connectivity index is 3.00. The van der Waals surface area contributed by atoms with Gasteiger partial charge in [0.25, 0.3) is 0 Å². The monoisotopic (exact) mass is 206 g/mol. The summed E-state index contributed by atoms with van der Waals surface area (Å²) < 4.78 is 4.58. The van der Waals surface area contributed by atoms with E-state index in [0.29, 0.717) is 5.56 Å². The van der Waals surface area contributed by atoms with Crippen molar-refractivity contribution in [1.82, 2.24) is 0 Å². The van der Waals surface area contributed by atoms with Gasteiger partial charge in [-0.15, -0.1) is 0 Å².